The first-order chi connectivity index (χ1) is 9.66. The first-order valence-corrected chi connectivity index (χ1v) is 6.89. The van der Waals surface area contributed by atoms with Gasteiger partial charge in [-0.25, -0.2) is 0 Å². The van der Waals surface area contributed by atoms with E-state index in [1.54, 1.807) is 0 Å². The summed E-state index contributed by atoms with van der Waals surface area (Å²) < 4.78 is 0. The molecule has 4 heteroatoms. The highest BCUT2D eigenvalue weighted by molar-refractivity contribution is 6.30. The molecule has 0 bridgehead atoms. The molecule has 0 fully saturated rings. The first kappa shape index (κ1) is 13.2. The van der Waals surface area contributed by atoms with Crippen LogP contribution in [0, 0.1) is 0 Å². The summed E-state index contributed by atoms with van der Waals surface area (Å²) in [6.45, 7) is 2.11. The molecule has 1 atom stereocenters. The molecule has 2 heterocycles. The van der Waals surface area contributed by atoms with Gasteiger partial charge in [0.25, 0.3) is 0 Å². The summed E-state index contributed by atoms with van der Waals surface area (Å²) in [6, 6.07) is 12.1. The molecule has 1 aliphatic heterocycles. The van der Waals surface area contributed by atoms with E-state index in [4.69, 9.17) is 11.6 Å². The predicted octanol–water partition coefficient (Wildman–Crippen LogP) is 4.23. The lowest BCUT2D eigenvalue weighted by Crippen LogP contribution is -2.07. The van der Waals surface area contributed by atoms with Crippen LogP contribution in [0.25, 0.3) is 16.7 Å². The van der Waals surface area contributed by atoms with Crippen LogP contribution in [0.3, 0.4) is 0 Å². The zero-order chi connectivity index (χ0) is 14.1. The highest BCUT2D eigenvalue weighted by Crippen LogP contribution is 2.41. The van der Waals surface area contributed by atoms with Crippen LogP contribution in [-0.2, 0) is 0 Å². The second-order valence-corrected chi connectivity index (χ2v) is 5.26. The van der Waals surface area contributed by atoms with Gasteiger partial charge in [0.15, 0.2) is 0 Å². The first-order valence-electron chi connectivity index (χ1n) is 6.52. The number of benzene rings is 1. The van der Waals surface area contributed by atoms with Crippen LogP contribution in [0.15, 0.2) is 48.8 Å². The largest absolute Gasteiger partial charge is 0.562 e. The van der Waals surface area contributed by atoms with Gasteiger partial charge in [-0.2, -0.15) is 0 Å². The van der Waals surface area contributed by atoms with Gasteiger partial charge < -0.3 is 10.4 Å². The molecule has 0 spiro atoms. The van der Waals surface area contributed by atoms with Crippen LogP contribution in [-0.4, -0.2) is 23.1 Å². The maximum Gasteiger partial charge on any atom is 0.0406 e. The molecule has 1 unspecified atom stereocenters. The number of pyridine rings is 1. The van der Waals surface area contributed by atoms with Crippen LogP contribution in [0.5, 0.6) is 0 Å². The summed E-state index contributed by atoms with van der Waals surface area (Å²) in [4.78, 5) is 4.09. The van der Waals surface area contributed by atoms with E-state index in [9.17, 15) is 0 Å². The van der Waals surface area contributed by atoms with E-state index in [1.165, 1.54) is 5.57 Å². The zero-order valence-corrected chi connectivity index (χ0v) is 12.2. The highest BCUT2D eigenvalue weighted by atomic mass is 35.5. The minimum absolute atomic E-state index is 0.132. The minimum Gasteiger partial charge on any atom is -0.562 e. The van der Waals surface area contributed by atoms with Crippen LogP contribution in [0.1, 0.15) is 18.1 Å². The molecule has 0 saturated heterocycles. The second-order valence-electron chi connectivity index (χ2n) is 4.82. The van der Waals surface area contributed by atoms with E-state index in [0.717, 1.165) is 21.8 Å². The molecule has 3 rings (SSSR count). The Morgan fingerprint density at radius 1 is 1.05 bits per heavy atom. The van der Waals surface area contributed by atoms with Gasteiger partial charge in [-0.15, -0.1) is 0 Å². The maximum absolute atomic E-state index is 5.98. The number of rotatable bonds is 2. The Bertz CT molecular complexity index is 635. The Morgan fingerprint density at radius 3 is 2.35 bits per heavy atom. The third kappa shape index (κ3) is 2.30. The Kier molecular flexibility index (Phi) is 3.47. The molecule has 2 aromatic rings. The molecule has 1 aromatic carbocycles. The van der Waals surface area contributed by atoms with Crippen molar-refractivity contribution in [3.8, 4) is 0 Å². The molecule has 1 aliphatic rings. The smallest absolute Gasteiger partial charge is 0.0406 e. The fourth-order valence-electron chi connectivity index (χ4n) is 2.61. The van der Waals surface area contributed by atoms with Crippen molar-refractivity contribution in [2.24, 2.45) is 0 Å². The molecule has 0 N–H and O–H groups in total. The summed E-state index contributed by atoms with van der Waals surface area (Å²) in [5, 5.41) is 2.69. The molecule has 1 aromatic heterocycles. The Morgan fingerprint density at radius 2 is 1.70 bits per heavy atom. The quantitative estimate of drug-likeness (QED) is 0.826. The number of hydrogen-bond donors (Lipinski definition) is 0. The van der Waals surface area contributed by atoms with Crippen molar-refractivity contribution in [2.45, 2.75) is 13.0 Å². The number of nitrogens with zero attached hydrogens (tertiary/aromatic N) is 3. The van der Waals surface area contributed by atoms with Gasteiger partial charge in [-0.05, 0) is 48.0 Å². The average molecular weight is 285 g/mol. The number of hydrogen-bond acceptors (Lipinski definition) is 2. The molecule has 0 aliphatic carbocycles. The summed E-state index contributed by atoms with van der Waals surface area (Å²) >= 11 is 5.98. The summed E-state index contributed by atoms with van der Waals surface area (Å²) in [7, 11) is 1.98. The third-order valence-electron chi connectivity index (χ3n) is 3.45. The van der Waals surface area contributed by atoms with Crippen molar-refractivity contribution >= 4 is 22.9 Å². The monoisotopic (exact) mass is 284 g/mol. The Balaban J connectivity index is 2.16. The molecular formula is C16H15ClN3-. The van der Waals surface area contributed by atoms with Crippen LogP contribution < -0.4 is 0 Å². The Labute approximate surface area is 123 Å². The number of halogens is 1. The maximum atomic E-state index is 5.98. The Hall–Kier alpha value is -1.84. The van der Waals surface area contributed by atoms with Crippen molar-refractivity contribution in [1.82, 2.24) is 9.99 Å². The van der Waals surface area contributed by atoms with Gasteiger partial charge in [-0.1, -0.05) is 36.7 Å². The zero-order valence-electron chi connectivity index (χ0n) is 11.4. The molecule has 0 radical (unpaired) electrons. The average Bonchev–Trinajstić information content (AvgIpc) is 2.75. The van der Waals surface area contributed by atoms with Gasteiger partial charge >= 0.3 is 0 Å². The lowest BCUT2D eigenvalue weighted by molar-refractivity contribution is 0.600. The van der Waals surface area contributed by atoms with Crippen LogP contribution in [0.2, 0.25) is 5.02 Å². The molecule has 3 nitrogen and oxygen atoms in total. The van der Waals surface area contributed by atoms with E-state index >= 15 is 0 Å². The van der Waals surface area contributed by atoms with Crippen LogP contribution >= 0.6 is 11.6 Å². The standard InChI is InChI=1S/C16H15ClN3/c1-11-15(12-7-9-18-10-8-12)16(20(2)19-11)13-3-5-14(17)6-4-13/h3-11H,1-2H3/q-1. The van der Waals surface area contributed by atoms with E-state index < -0.39 is 0 Å². The topological polar surface area (TPSA) is 30.2 Å². The van der Waals surface area contributed by atoms with Gasteiger partial charge in [0.1, 0.15) is 0 Å². The van der Waals surface area contributed by atoms with Crippen LogP contribution in [0.4, 0.5) is 0 Å². The third-order valence-corrected chi connectivity index (χ3v) is 3.70. The van der Waals surface area contributed by atoms with Gasteiger partial charge in [0.2, 0.25) is 0 Å². The predicted molar refractivity (Wildman–Crippen MR) is 83.1 cm³/mol. The van der Waals surface area contributed by atoms with E-state index in [-0.39, 0.29) is 6.04 Å². The van der Waals surface area contributed by atoms with E-state index in [2.05, 4.69) is 17.3 Å². The summed E-state index contributed by atoms with van der Waals surface area (Å²) in [6.07, 6.45) is 3.62. The lowest BCUT2D eigenvalue weighted by Gasteiger charge is -2.32. The van der Waals surface area contributed by atoms with Gasteiger partial charge in [0.05, 0.1) is 0 Å². The minimum atomic E-state index is 0.132. The van der Waals surface area contributed by atoms with Crippen molar-refractivity contribution in [2.75, 3.05) is 7.05 Å². The SMILES string of the molecule is CC1[N-]N(C)C(c2ccc(Cl)cc2)=C1c1ccncc1. The fraction of sp³-hybridized carbons (Fsp3) is 0.188. The number of aromatic nitrogens is 1. The summed E-state index contributed by atoms with van der Waals surface area (Å²) in [5.41, 5.74) is 9.26. The van der Waals surface area contributed by atoms with Crippen molar-refractivity contribution in [3.63, 3.8) is 0 Å². The normalized spacial score (nSPS) is 18.8. The summed E-state index contributed by atoms with van der Waals surface area (Å²) in [5.74, 6) is 0. The lowest BCUT2D eigenvalue weighted by atomic mass is 9.97. The van der Waals surface area contributed by atoms with Crippen molar-refractivity contribution in [3.05, 3.63) is 70.4 Å². The van der Waals surface area contributed by atoms with Gasteiger partial charge in [0, 0.05) is 23.1 Å². The highest BCUT2D eigenvalue weighted by Gasteiger charge is 2.19. The molecule has 0 amide bonds. The second kappa shape index (κ2) is 5.27. The molecule has 0 saturated carbocycles. The molecular weight excluding hydrogens is 270 g/mol. The van der Waals surface area contributed by atoms with Crippen molar-refractivity contribution < 1.29 is 0 Å². The van der Waals surface area contributed by atoms with Crippen molar-refractivity contribution in [1.29, 1.82) is 0 Å². The molecule has 20 heavy (non-hydrogen) atoms. The van der Waals surface area contributed by atoms with E-state index in [1.807, 2.05) is 60.8 Å². The molecule has 102 valence electrons. The van der Waals surface area contributed by atoms with Gasteiger partial charge in [-0.3, -0.25) is 4.98 Å². The van der Waals surface area contributed by atoms with E-state index in [0.29, 0.717) is 0 Å². The fourth-order valence-corrected chi connectivity index (χ4v) is 2.73.